The highest BCUT2D eigenvalue weighted by Crippen LogP contribution is 2.36. The molecule has 0 aliphatic heterocycles. The molecule has 1 rings (SSSR count). The van der Waals surface area contributed by atoms with E-state index in [1.165, 1.54) is 0 Å². The van der Waals surface area contributed by atoms with E-state index < -0.39 is 41.4 Å². The molecule has 0 saturated heterocycles. The molecule has 0 unspecified atom stereocenters. The van der Waals surface area contributed by atoms with Crippen LogP contribution in [0, 0.1) is 0 Å². The molecule has 0 aliphatic carbocycles. The van der Waals surface area contributed by atoms with Gasteiger partial charge >= 0.3 is 12.4 Å². The Hall–Kier alpha value is -1.28. The first-order valence-electron chi connectivity index (χ1n) is 4.58. The third-order valence-electron chi connectivity index (χ3n) is 2.10. The van der Waals surface area contributed by atoms with Gasteiger partial charge in [0.25, 0.3) is 0 Å². The summed E-state index contributed by atoms with van der Waals surface area (Å²) in [5, 5.41) is 0. The first-order valence-corrected chi connectivity index (χ1v) is 4.58. The van der Waals surface area contributed by atoms with Gasteiger partial charge in [-0.3, -0.25) is 4.79 Å². The number of rotatable bonds is 2. The van der Waals surface area contributed by atoms with Gasteiger partial charge in [-0.05, 0) is 18.2 Å². The lowest BCUT2D eigenvalue weighted by Crippen LogP contribution is -2.17. The molecule has 1 aromatic rings. The Labute approximate surface area is 110 Å². The van der Waals surface area contributed by atoms with Gasteiger partial charge in [0, 0.05) is 5.56 Å². The minimum atomic E-state index is -4.97. The first kappa shape index (κ1) is 17.7. The molecule has 0 aromatic heterocycles. The molecule has 2 N–H and O–H groups in total. The van der Waals surface area contributed by atoms with Crippen molar-refractivity contribution in [3.63, 3.8) is 0 Å². The average Bonchev–Trinajstić information content (AvgIpc) is 2.25. The quantitative estimate of drug-likeness (QED) is 0.673. The molecule has 0 radical (unpaired) electrons. The van der Waals surface area contributed by atoms with Crippen LogP contribution >= 0.6 is 12.4 Å². The maximum absolute atomic E-state index is 12.4. The van der Waals surface area contributed by atoms with Gasteiger partial charge in [-0.15, -0.1) is 12.4 Å². The van der Waals surface area contributed by atoms with Crippen LogP contribution in [0.25, 0.3) is 0 Å². The fraction of sp³-hybridized carbons (Fsp3) is 0.300. The van der Waals surface area contributed by atoms with Crippen LogP contribution in [0.15, 0.2) is 18.2 Å². The molecule has 0 heterocycles. The van der Waals surface area contributed by atoms with E-state index in [1.807, 2.05) is 0 Å². The van der Waals surface area contributed by atoms with E-state index in [4.69, 9.17) is 5.73 Å². The van der Waals surface area contributed by atoms with E-state index in [1.54, 1.807) is 0 Å². The van der Waals surface area contributed by atoms with Crippen molar-refractivity contribution in [2.75, 3.05) is 6.54 Å². The Morgan fingerprint density at radius 3 is 1.58 bits per heavy atom. The summed E-state index contributed by atoms with van der Waals surface area (Å²) < 4.78 is 74.4. The third kappa shape index (κ3) is 4.39. The van der Waals surface area contributed by atoms with Crippen molar-refractivity contribution in [3.05, 3.63) is 34.9 Å². The Balaban J connectivity index is 0.00000324. The summed E-state index contributed by atoms with van der Waals surface area (Å²) in [6.45, 7) is -0.668. The summed E-state index contributed by atoms with van der Waals surface area (Å²) in [4.78, 5) is 11.1. The number of carbonyl (C=O) groups excluding carboxylic acids is 1. The van der Waals surface area contributed by atoms with Crippen LogP contribution in [0.3, 0.4) is 0 Å². The number of halogens is 7. The Kier molecular flexibility index (Phi) is 5.40. The van der Waals surface area contributed by atoms with Crippen LogP contribution in [0.2, 0.25) is 0 Å². The predicted octanol–water partition coefficient (Wildman–Crippen LogP) is 3.29. The summed E-state index contributed by atoms with van der Waals surface area (Å²) in [5.41, 5.74) is 1.14. The van der Waals surface area contributed by atoms with Gasteiger partial charge in [-0.1, -0.05) is 0 Å². The molecule has 0 spiro atoms. The van der Waals surface area contributed by atoms with Crippen molar-refractivity contribution < 1.29 is 31.1 Å². The molecule has 0 amide bonds. The normalized spacial score (nSPS) is 11.9. The number of hydrogen-bond donors (Lipinski definition) is 1. The van der Waals surface area contributed by atoms with Gasteiger partial charge in [0.2, 0.25) is 0 Å². The van der Waals surface area contributed by atoms with Crippen molar-refractivity contribution in [3.8, 4) is 0 Å². The average molecular weight is 308 g/mol. The van der Waals surface area contributed by atoms with Crippen molar-refractivity contribution in [1.82, 2.24) is 0 Å². The second kappa shape index (κ2) is 5.79. The van der Waals surface area contributed by atoms with Crippen LogP contribution in [-0.4, -0.2) is 12.3 Å². The van der Waals surface area contributed by atoms with E-state index in [0.29, 0.717) is 12.1 Å². The van der Waals surface area contributed by atoms with Gasteiger partial charge in [-0.25, -0.2) is 0 Å². The second-order valence-electron chi connectivity index (χ2n) is 3.42. The zero-order valence-electron chi connectivity index (χ0n) is 9.10. The second-order valence-corrected chi connectivity index (χ2v) is 3.42. The van der Waals surface area contributed by atoms with Crippen molar-refractivity contribution in [1.29, 1.82) is 0 Å². The van der Waals surface area contributed by atoms with Gasteiger partial charge in [0.15, 0.2) is 5.78 Å². The van der Waals surface area contributed by atoms with Crippen molar-refractivity contribution in [2.24, 2.45) is 5.73 Å². The van der Waals surface area contributed by atoms with E-state index in [9.17, 15) is 31.1 Å². The predicted molar refractivity (Wildman–Crippen MR) is 57.1 cm³/mol. The first-order chi connectivity index (χ1) is 8.05. The topological polar surface area (TPSA) is 43.1 Å². The molecule has 0 saturated carbocycles. The van der Waals surface area contributed by atoms with E-state index in [0.717, 1.165) is 0 Å². The number of nitrogens with two attached hydrogens (primary N) is 1. The standard InChI is InChI=1S/C10H7F6NO.ClH/c11-9(12,13)6-1-5(8(18)4-17)2-7(3-6)10(14,15)16;/h1-3H,4,17H2;1H. The van der Waals surface area contributed by atoms with E-state index in [2.05, 4.69) is 0 Å². The fourth-order valence-electron chi connectivity index (χ4n) is 1.23. The zero-order valence-corrected chi connectivity index (χ0v) is 9.92. The number of ketones is 1. The van der Waals surface area contributed by atoms with Crippen LogP contribution in [0.1, 0.15) is 21.5 Å². The Bertz CT molecular complexity index is 436. The maximum atomic E-state index is 12.4. The molecule has 2 nitrogen and oxygen atoms in total. The van der Waals surface area contributed by atoms with E-state index >= 15 is 0 Å². The van der Waals surface area contributed by atoms with Gasteiger partial charge in [0.05, 0.1) is 17.7 Å². The molecule has 0 bridgehead atoms. The highest BCUT2D eigenvalue weighted by Gasteiger charge is 2.37. The fourth-order valence-corrected chi connectivity index (χ4v) is 1.23. The molecule has 19 heavy (non-hydrogen) atoms. The van der Waals surface area contributed by atoms with Crippen LogP contribution in [0.4, 0.5) is 26.3 Å². The summed E-state index contributed by atoms with van der Waals surface area (Å²) in [5.74, 6) is -0.994. The van der Waals surface area contributed by atoms with Crippen LogP contribution < -0.4 is 5.73 Å². The number of carbonyl (C=O) groups is 1. The largest absolute Gasteiger partial charge is 0.416 e. The zero-order chi connectivity index (χ0) is 14.1. The summed E-state index contributed by atoms with van der Waals surface area (Å²) in [6.07, 6.45) is -9.93. The van der Waals surface area contributed by atoms with Gasteiger partial charge in [0.1, 0.15) is 0 Å². The van der Waals surface area contributed by atoms with E-state index in [-0.39, 0.29) is 18.5 Å². The lowest BCUT2D eigenvalue weighted by molar-refractivity contribution is -0.143. The minimum Gasteiger partial charge on any atom is -0.324 e. The molecule has 108 valence electrons. The van der Waals surface area contributed by atoms with Crippen molar-refractivity contribution in [2.45, 2.75) is 12.4 Å². The van der Waals surface area contributed by atoms with Gasteiger partial charge in [-0.2, -0.15) is 26.3 Å². The highest BCUT2D eigenvalue weighted by molar-refractivity contribution is 5.97. The Morgan fingerprint density at radius 1 is 0.947 bits per heavy atom. The lowest BCUT2D eigenvalue weighted by atomic mass is 10.0. The molecule has 0 fully saturated rings. The lowest BCUT2D eigenvalue weighted by Gasteiger charge is -2.13. The maximum Gasteiger partial charge on any atom is 0.416 e. The number of alkyl halides is 6. The summed E-state index contributed by atoms with van der Waals surface area (Å²) in [7, 11) is 0. The molecular formula is C10H8ClF6NO. The molecule has 0 atom stereocenters. The SMILES string of the molecule is Cl.NCC(=O)c1cc(C(F)(F)F)cc(C(F)(F)F)c1. The number of benzene rings is 1. The molecule has 0 aliphatic rings. The molecule has 1 aromatic carbocycles. The third-order valence-corrected chi connectivity index (χ3v) is 2.10. The smallest absolute Gasteiger partial charge is 0.324 e. The summed E-state index contributed by atoms with van der Waals surface area (Å²) >= 11 is 0. The number of Topliss-reactive ketones (excluding diaryl/α,β-unsaturated/α-hetero) is 1. The highest BCUT2D eigenvalue weighted by atomic mass is 35.5. The number of hydrogen-bond acceptors (Lipinski definition) is 2. The van der Waals surface area contributed by atoms with Crippen LogP contribution in [-0.2, 0) is 12.4 Å². The molecular weight excluding hydrogens is 300 g/mol. The molecule has 9 heteroatoms. The summed E-state index contributed by atoms with van der Waals surface area (Å²) in [6, 6.07) is 0.655. The van der Waals surface area contributed by atoms with Crippen molar-refractivity contribution >= 4 is 18.2 Å². The Morgan fingerprint density at radius 2 is 1.32 bits per heavy atom. The van der Waals surface area contributed by atoms with Crippen LogP contribution in [0.5, 0.6) is 0 Å². The van der Waals surface area contributed by atoms with Gasteiger partial charge < -0.3 is 5.73 Å². The minimum absolute atomic E-state index is 0. The monoisotopic (exact) mass is 307 g/mol.